The van der Waals surface area contributed by atoms with Gasteiger partial charge in [-0.25, -0.2) is 8.42 Å². The van der Waals surface area contributed by atoms with Crippen molar-refractivity contribution in [3.63, 3.8) is 0 Å². The number of rotatable bonds is 5. The quantitative estimate of drug-likeness (QED) is 0.889. The minimum Gasteiger partial charge on any atom is -0.492 e. The Labute approximate surface area is 136 Å². The van der Waals surface area contributed by atoms with Gasteiger partial charge in [-0.15, -0.1) is 0 Å². The number of aliphatic hydroxyl groups excluding tert-OH is 1. The highest BCUT2D eigenvalue weighted by Gasteiger charge is 2.35. The molecule has 1 N–H and O–H groups in total. The number of ether oxygens (including phenoxy) is 1. The van der Waals surface area contributed by atoms with Crippen LogP contribution in [0, 0.1) is 6.92 Å². The molecule has 1 saturated heterocycles. The number of aliphatic hydroxyl groups is 1. The summed E-state index contributed by atoms with van der Waals surface area (Å²) in [5.41, 5.74) is 0.765. The summed E-state index contributed by atoms with van der Waals surface area (Å²) < 4.78 is 32.9. The molecule has 0 saturated carbocycles. The zero-order valence-electron chi connectivity index (χ0n) is 12.9. The maximum atomic E-state index is 13.0. The van der Waals surface area contributed by atoms with Crippen LogP contribution in [0.3, 0.4) is 0 Å². The average Bonchev–Trinajstić information content (AvgIpc) is 2.50. The molecular formula is C15H22ClNO4S. The second-order valence-electron chi connectivity index (χ2n) is 5.43. The molecule has 0 aliphatic carbocycles. The second kappa shape index (κ2) is 7.17. The van der Waals surface area contributed by atoms with Gasteiger partial charge in [0.05, 0.1) is 13.2 Å². The molecule has 0 radical (unpaired) electrons. The standard InChI is InChI=1S/C15H22ClNO4S/c1-3-21-14-8-11(2)13(16)9-15(14)22(19,20)17-7-5-4-6-12(17)10-18/h8-9,12,18H,3-7,10H2,1-2H3. The lowest BCUT2D eigenvalue weighted by molar-refractivity contribution is 0.155. The van der Waals surface area contributed by atoms with Gasteiger partial charge >= 0.3 is 0 Å². The van der Waals surface area contributed by atoms with Crippen molar-refractivity contribution in [2.75, 3.05) is 19.8 Å². The van der Waals surface area contributed by atoms with Crippen LogP contribution in [-0.4, -0.2) is 43.6 Å². The Bertz CT molecular complexity index is 633. The van der Waals surface area contributed by atoms with E-state index in [0.29, 0.717) is 30.3 Å². The average molecular weight is 348 g/mol. The predicted octanol–water partition coefficient (Wildman–Crippen LogP) is 2.58. The highest BCUT2D eigenvalue weighted by molar-refractivity contribution is 7.89. The molecule has 0 spiro atoms. The van der Waals surface area contributed by atoms with Gasteiger partial charge in [0.25, 0.3) is 0 Å². The van der Waals surface area contributed by atoms with E-state index in [1.165, 1.54) is 10.4 Å². The third-order valence-electron chi connectivity index (χ3n) is 3.90. The van der Waals surface area contributed by atoms with Crippen molar-refractivity contribution in [2.45, 2.75) is 44.0 Å². The van der Waals surface area contributed by atoms with Crippen molar-refractivity contribution >= 4 is 21.6 Å². The third kappa shape index (κ3) is 3.40. The van der Waals surface area contributed by atoms with Crippen LogP contribution in [0.2, 0.25) is 5.02 Å². The van der Waals surface area contributed by atoms with Gasteiger partial charge in [-0.05, 0) is 44.4 Å². The Balaban J connectivity index is 2.50. The first kappa shape index (κ1) is 17.5. The SMILES string of the molecule is CCOc1cc(C)c(Cl)cc1S(=O)(=O)N1CCCCC1CO. The van der Waals surface area contributed by atoms with Gasteiger partial charge in [-0.3, -0.25) is 0 Å². The summed E-state index contributed by atoms with van der Waals surface area (Å²) in [6.45, 7) is 4.21. The summed E-state index contributed by atoms with van der Waals surface area (Å²) in [4.78, 5) is 0.0744. The molecule has 22 heavy (non-hydrogen) atoms. The van der Waals surface area contributed by atoms with Gasteiger partial charge in [-0.1, -0.05) is 18.0 Å². The van der Waals surface area contributed by atoms with Gasteiger partial charge in [0, 0.05) is 17.6 Å². The zero-order chi connectivity index (χ0) is 16.3. The number of hydrogen-bond acceptors (Lipinski definition) is 4. The minimum absolute atomic E-state index is 0.0744. The molecule has 1 aromatic rings. The van der Waals surface area contributed by atoms with E-state index in [1.54, 1.807) is 19.9 Å². The summed E-state index contributed by atoms with van der Waals surface area (Å²) in [7, 11) is -3.75. The van der Waals surface area contributed by atoms with Gasteiger partial charge in [0.2, 0.25) is 10.0 Å². The predicted molar refractivity (Wildman–Crippen MR) is 86.0 cm³/mol. The van der Waals surface area contributed by atoms with Crippen LogP contribution >= 0.6 is 11.6 Å². The van der Waals surface area contributed by atoms with Crippen LogP contribution in [0.1, 0.15) is 31.7 Å². The largest absolute Gasteiger partial charge is 0.492 e. The van der Waals surface area contributed by atoms with E-state index >= 15 is 0 Å². The van der Waals surface area contributed by atoms with E-state index in [1.807, 2.05) is 0 Å². The maximum absolute atomic E-state index is 13.0. The zero-order valence-corrected chi connectivity index (χ0v) is 14.5. The number of sulfonamides is 1. The summed E-state index contributed by atoms with van der Waals surface area (Å²) in [5, 5.41) is 9.87. The molecule has 2 rings (SSSR count). The van der Waals surface area contributed by atoms with Crippen LogP contribution in [0.5, 0.6) is 5.75 Å². The van der Waals surface area contributed by atoms with Crippen molar-refractivity contribution in [3.05, 3.63) is 22.7 Å². The minimum atomic E-state index is -3.75. The van der Waals surface area contributed by atoms with Crippen LogP contribution in [-0.2, 0) is 10.0 Å². The molecule has 0 bridgehead atoms. The Hall–Kier alpha value is -0.820. The summed E-state index contributed by atoms with van der Waals surface area (Å²) in [5.74, 6) is 0.312. The molecule has 0 amide bonds. The molecule has 7 heteroatoms. The third-order valence-corrected chi connectivity index (χ3v) is 6.28. The fraction of sp³-hybridized carbons (Fsp3) is 0.600. The first-order chi connectivity index (χ1) is 10.4. The Kier molecular flexibility index (Phi) is 5.71. The number of benzene rings is 1. The normalized spacial score (nSPS) is 20.1. The van der Waals surface area contributed by atoms with Gasteiger partial charge in [0.1, 0.15) is 10.6 Å². The fourth-order valence-corrected chi connectivity index (χ4v) is 4.76. The number of piperidine rings is 1. The first-order valence-corrected chi connectivity index (χ1v) is 9.29. The van der Waals surface area contributed by atoms with Gasteiger partial charge in [-0.2, -0.15) is 4.31 Å². The first-order valence-electron chi connectivity index (χ1n) is 7.47. The van der Waals surface area contributed by atoms with Gasteiger partial charge in [0.15, 0.2) is 0 Å². The molecule has 0 aromatic heterocycles. The van der Waals surface area contributed by atoms with Crippen molar-refractivity contribution in [3.8, 4) is 5.75 Å². The van der Waals surface area contributed by atoms with E-state index in [4.69, 9.17) is 16.3 Å². The molecule has 1 unspecified atom stereocenters. The lowest BCUT2D eigenvalue weighted by atomic mass is 10.1. The fourth-order valence-electron chi connectivity index (χ4n) is 2.71. The number of halogens is 1. The molecule has 1 atom stereocenters. The van der Waals surface area contributed by atoms with Crippen LogP contribution < -0.4 is 4.74 Å². The molecule has 1 heterocycles. The van der Waals surface area contributed by atoms with Crippen molar-refractivity contribution < 1.29 is 18.3 Å². The smallest absolute Gasteiger partial charge is 0.247 e. The topological polar surface area (TPSA) is 66.8 Å². The van der Waals surface area contributed by atoms with Crippen LogP contribution in [0.15, 0.2) is 17.0 Å². The number of nitrogens with zero attached hydrogens (tertiary/aromatic N) is 1. The highest BCUT2D eigenvalue weighted by atomic mass is 35.5. The highest BCUT2D eigenvalue weighted by Crippen LogP contribution is 2.34. The summed E-state index contributed by atoms with van der Waals surface area (Å²) >= 11 is 6.11. The second-order valence-corrected chi connectivity index (χ2v) is 7.70. The van der Waals surface area contributed by atoms with E-state index in [2.05, 4.69) is 0 Å². The van der Waals surface area contributed by atoms with Crippen molar-refractivity contribution in [1.82, 2.24) is 4.31 Å². The van der Waals surface area contributed by atoms with Crippen molar-refractivity contribution in [1.29, 1.82) is 0 Å². The molecular weight excluding hydrogens is 326 g/mol. The summed E-state index contributed by atoms with van der Waals surface area (Å²) in [6.07, 6.45) is 2.38. The number of aryl methyl sites for hydroxylation is 1. The molecule has 1 aliphatic heterocycles. The lowest BCUT2D eigenvalue weighted by Crippen LogP contribution is -2.45. The monoisotopic (exact) mass is 347 g/mol. The molecule has 5 nitrogen and oxygen atoms in total. The Morgan fingerprint density at radius 1 is 1.41 bits per heavy atom. The molecule has 1 fully saturated rings. The summed E-state index contributed by atoms with van der Waals surface area (Å²) in [6, 6.07) is 2.71. The van der Waals surface area contributed by atoms with Crippen LogP contribution in [0.25, 0.3) is 0 Å². The molecule has 124 valence electrons. The van der Waals surface area contributed by atoms with E-state index in [-0.39, 0.29) is 17.5 Å². The van der Waals surface area contributed by atoms with E-state index in [9.17, 15) is 13.5 Å². The lowest BCUT2D eigenvalue weighted by Gasteiger charge is -2.33. The Morgan fingerprint density at radius 2 is 2.14 bits per heavy atom. The number of hydrogen-bond donors (Lipinski definition) is 1. The van der Waals surface area contributed by atoms with Crippen molar-refractivity contribution in [2.24, 2.45) is 0 Å². The van der Waals surface area contributed by atoms with E-state index in [0.717, 1.165) is 18.4 Å². The molecule has 1 aliphatic rings. The Morgan fingerprint density at radius 3 is 2.77 bits per heavy atom. The molecule has 1 aromatic carbocycles. The van der Waals surface area contributed by atoms with E-state index < -0.39 is 10.0 Å². The van der Waals surface area contributed by atoms with Gasteiger partial charge < -0.3 is 9.84 Å². The van der Waals surface area contributed by atoms with Crippen LogP contribution in [0.4, 0.5) is 0 Å². The maximum Gasteiger partial charge on any atom is 0.247 e.